The molecule has 154 valence electrons. The Hall–Kier alpha value is -3.36. The van der Waals surface area contributed by atoms with Gasteiger partial charge in [-0.15, -0.1) is 0 Å². The van der Waals surface area contributed by atoms with Crippen molar-refractivity contribution in [2.45, 2.75) is 26.6 Å². The first kappa shape index (κ1) is 21.9. The van der Waals surface area contributed by atoms with E-state index in [4.69, 9.17) is 9.68 Å². The van der Waals surface area contributed by atoms with Crippen molar-refractivity contribution in [3.63, 3.8) is 0 Å². The molecule has 0 bridgehead atoms. The molecule has 0 amide bonds. The number of nitrogens with zero attached hydrogens (tertiary/aromatic N) is 2. The zero-order chi connectivity index (χ0) is 21.4. The van der Waals surface area contributed by atoms with E-state index in [2.05, 4.69) is 10.3 Å². The van der Waals surface area contributed by atoms with Crippen LogP contribution in [0, 0.1) is 0 Å². The van der Waals surface area contributed by atoms with Gasteiger partial charge < -0.3 is 14.8 Å². The third-order valence-corrected chi connectivity index (χ3v) is 3.79. The first-order valence-electron chi connectivity index (χ1n) is 8.59. The molecule has 0 spiro atoms. The van der Waals surface area contributed by atoms with E-state index in [1.165, 1.54) is 19.1 Å². The fraction of sp³-hybridized carbons (Fsp3) is 0.250. The van der Waals surface area contributed by atoms with Crippen LogP contribution in [0.3, 0.4) is 0 Å². The molecule has 0 aliphatic heterocycles. The van der Waals surface area contributed by atoms with Crippen molar-refractivity contribution < 1.29 is 32.7 Å². The highest BCUT2D eigenvalue weighted by molar-refractivity contribution is 6.42. The molecule has 0 unspecified atom stereocenters. The number of hydrogen-bond acceptors (Lipinski definition) is 5. The van der Waals surface area contributed by atoms with Crippen LogP contribution in [-0.2, 0) is 27.3 Å². The standard InChI is InChI=1S/C20H19F3N2O4/c1-3-28-25-18(19(26)27)17-10-5-4-7-15(17)12-29-24-13(2)14-8-6-9-16(11-14)20(21,22)23/h4-11H,3,12H2,1-2H3,(H,26,27)/b24-13-,25-18-. The summed E-state index contributed by atoms with van der Waals surface area (Å²) in [5, 5.41) is 16.8. The Morgan fingerprint density at radius 3 is 2.45 bits per heavy atom. The van der Waals surface area contributed by atoms with Gasteiger partial charge in [0.25, 0.3) is 0 Å². The van der Waals surface area contributed by atoms with E-state index in [9.17, 15) is 23.1 Å². The Labute approximate surface area is 165 Å². The molecule has 0 fully saturated rings. The van der Waals surface area contributed by atoms with E-state index in [0.717, 1.165) is 12.1 Å². The predicted octanol–water partition coefficient (Wildman–Crippen LogP) is 4.47. The van der Waals surface area contributed by atoms with E-state index >= 15 is 0 Å². The summed E-state index contributed by atoms with van der Waals surface area (Å²) >= 11 is 0. The molecule has 2 rings (SSSR count). The molecule has 0 atom stereocenters. The average Bonchev–Trinajstić information content (AvgIpc) is 2.68. The van der Waals surface area contributed by atoms with Crippen LogP contribution >= 0.6 is 0 Å². The summed E-state index contributed by atoms with van der Waals surface area (Å²) in [6.07, 6.45) is -4.46. The van der Waals surface area contributed by atoms with Gasteiger partial charge in [0.15, 0.2) is 5.71 Å². The molecular weight excluding hydrogens is 389 g/mol. The predicted molar refractivity (Wildman–Crippen MR) is 101 cm³/mol. The van der Waals surface area contributed by atoms with Gasteiger partial charge in [0.05, 0.1) is 11.3 Å². The average molecular weight is 408 g/mol. The highest BCUT2D eigenvalue weighted by Gasteiger charge is 2.30. The Morgan fingerprint density at radius 1 is 1.07 bits per heavy atom. The molecule has 1 N–H and O–H groups in total. The van der Waals surface area contributed by atoms with Crippen LogP contribution in [0.15, 0.2) is 58.8 Å². The lowest BCUT2D eigenvalue weighted by molar-refractivity contribution is -0.137. The van der Waals surface area contributed by atoms with Crippen molar-refractivity contribution >= 4 is 17.4 Å². The van der Waals surface area contributed by atoms with E-state index in [0.29, 0.717) is 11.1 Å². The number of rotatable bonds is 8. The van der Waals surface area contributed by atoms with Gasteiger partial charge in [-0.1, -0.05) is 46.7 Å². The van der Waals surface area contributed by atoms with Gasteiger partial charge in [-0.05, 0) is 31.5 Å². The Bertz CT molecular complexity index is 924. The van der Waals surface area contributed by atoms with Crippen molar-refractivity contribution in [2.24, 2.45) is 10.3 Å². The zero-order valence-corrected chi connectivity index (χ0v) is 15.7. The van der Waals surface area contributed by atoms with Crippen molar-refractivity contribution in [1.82, 2.24) is 0 Å². The van der Waals surface area contributed by atoms with Crippen LogP contribution in [-0.4, -0.2) is 29.1 Å². The van der Waals surface area contributed by atoms with Crippen LogP contribution < -0.4 is 0 Å². The lowest BCUT2D eigenvalue weighted by Gasteiger charge is -2.10. The minimum atomic E-state index is -4.46. The summed E-state index contributed by atoms with van der Waals surface area (Å²) < 4.78 is 38.5. The third-order valence-electron chi connectivity index (χ3n) is 3.79. The molecule has 0 radical (unpaired) electrons. The molecule has 9 heteroatoms. The maximum atomic E-state index is 12.8. The molecule has 2 aromatic carbocycles. The summed E-state index contributed by atoms with van der Waals surface area (Å²) in [4.78, 5) is 21.6. The summed E-state index contributed by atoms with van der Waals surface area (Å²) in [7, 11) is 0. The Balaban J connectivity index is 2.20. The lowest BCUT2D eigenvalue weighted by Crippen LogP contribution is -2.17. The highest BCUT2D eigenvalue weighted by atomic mass is 19.4. The number of carbonyl (C=O) groups is 1. The normalized spacial score (nSPS) is 12.6. The molecule has 29 heavy (non-hydrogen) atoms. The number of alkyl halides is 3. The quantitative estimate of drug-likeness (QED) is 0.516. The maximum Gasteiger partial charge on any atom is 0.416 e. The summed E-state index contributed by atoms with van der Waals surface area (Å²) in [5.74, 6) is -1.27. The van der Waals surface area contributed by atoms with Gasteiger partial charge in [0.2, 0.25) is 0 Å². The number of benzene rings is 2. The Kier molecular flexibility index (Phi) is 7.35. The van der Waals surface area contributed by atoms with Gasteiger partial charge in [-0.3, -0.25) is 0 Å². The topological polar surface area (TPSA) is 80.5 Å². The van der Waals surface area contributed by atoms with E-state index < -0.39 is 17.7 Å². The number of carboxylic acid groups (broad SMARTS) is 1. The van der Waals surface area contributed by atoms with E-state index in [1.54, 1.807) is 31.2 Å². The van der Waals surface area contributed by atoms with Crippen molar-refractivity contribution in [3.05, 3.63) is 70.8 Å². The highest BCUT2D eigenvalue weighted by Crippen LogP contribution is 2.29. The molecule has 2 aromatic rings. The van der Waals surface area contributed by atoms with Crippen LogP contribution in [0.2, 0.25) is 0 Å². The lowest BCUT2D eigenvalue weighted by atomic mass is 10.0. The monoisotopic (exact) mass is 408 g/mol. The van der Waals surface area contributed by atoms with E-state index in [1.807, 2.05) is 0 Å². The van der Waals surface area contributed by atoms with Crippen molar-refractivity contribution in [2.75, 3.05) is 6.61 Å². The largest absolute Gasteiger partial charge is 0.476 e. The maximum absolute atomic E-state index is 12.8. The molecule has 0 saturated heterocycles. The number of carboxylic acids is 1. The second kappa shape index (κ2) is 9.72. The van der Waals surface area contributed by atoms with Crippen LogP contribution in [0.4, 0.5) is 13.2 Å². The van der Waals surface area contributed by atoms with Gasteiger partial charge in [0, 0.05) is 11.1 Å². The molecule has 0 aromatic heterocycles. The fourth-order valence-corrected chi connectivity index (χ4v) is 2.38. The number of aliphatic carboxylic acids is 1. The van der Waals surface area contributed by atoms with Gasteiger partial charge in [-0.2, -0.15) is 13.2 Å². The first-order chi connectivity index (χ1) is 13.7. The van der Waals surface area contributed by atoms with Crippen molar-refractivity contribution in [1.29, 1.82) is 0 Å². The Morgan fingerprint density at radius 2 is 1.79 bits per heavy atom. The SMILES string of the molecule is CCO/N=C(\C(=O)O)c1ccccc1CO/N=C(/C)c1cccc(C(F)(F)F)c1. The third kappa shape index (κ3) is 6.06. The van der Waals surface area contributed by atoms with Gasteiger partial charge in [0.1, 0.15) is 13.2 Å². The number of hydrogen-bond donors (Lipinski definition) is 1. The summed E-state index contributed by atoms with van der Waals surface area (Å²) in [6, 6.07) is 11.2. The van der Waals surface area contributed by atoms with Crippen LogP contribution in [0.5, 0.6) is 0 Å². The molecule has 0 saturated carbocycles. The fourth-order valence-electron chi connectivity index (χ4n) is 2.38. The first-order valence-corrected chi connectivity index (χ1v) is 8.59. The molecular formula is C20H19F3N2O4. The molecule has 6 nitrogen and oxygen atoms in total. The van der Waals surface area contributed by atoms with Gasteiger partial charge in [-0.25, -0.2) is 4.79 Å². The molecule has 0 aliphatic rings. The number of halogens is 3. The molecule has 0 aliphatic carbocycles. The molecule has 0 heterocycles. The van der Waals surface area contributed by atoms with Crippen molar-refractivity contribution in [3.8, 4) is 0 Å². The van der Waals surface area contributed by atoms with Crippen LogP contribution in [0.1, 0.15) is 36.1 Å². The van der Waals surface area contributed by atoms with E-state index in [-0.39, 0.29) is 30.2 Å². The van der Waals surface area contributed by atoms with Crippen LogP contribution in [0.25, 0.3) is 0 Å². The van der Waals surface area contributed by atoms with Gasteiger partial charge >= 0.3 is 12.1 Å². The zero-order valence-electron chi connectivity index (χ0n) is 15.7. The second-order valence-corrected chi connectivity index (χ2v) is 5.85. The second-order valence-electron chi connectivity index (χ2n) is 5.85. The minimum absolute atomic E-state index is 0.106. The minimum Gasteiger partial charge on any atom is -0.476 e. The smallest absolute Gasteiger partial charge is 0.416 e. The summed E-state index contributed by atoms with van der Waals surface area (Å²) in [5.41, 5.74) is 0.208. The number of oxime groups is 2. The summed E-state index contributed by atoms with van der Waals surface area (Å²) in [6.45, 7) is 3.28.